The van der Waals surface area contributed by atoms with Gasteiger partial charge in [-0.15, -0.1) is 0 Å². The molecule has 1 aromatic carbocycles. The molecule has 0 saturated heterocycles. The number of ether oxygens (including phenoxy) is 1. The van der Waals surface area contributed by atoms with Crippen molar-refractivity contribution >= 4 is 21.9 Å². The maximum Gasteiger partial charge on any atom is 0.338 e. The molecule has 18 heavy (non-hydrogen) atoms. The summed E-state index contributed by atoms with van der Waals surface area (Å²) in [4.78, 5) is 10.7. The summed E-state index contributed by atoms with van der Waals surface area (Å²) in [5.41, 5.74) is 1.19. The van der Waals surface area contributed by atoms with Crippen LogP contribution in [-0.2, 0) is 6.54 Å². The Labute approximate surface area is 112 Å². The van der Waals surface area contributed by atoms with Gasteiger partial charge in [0, 0.05) is 6.20 Å². The van der Waals surface area contributed by atoms with Crippen molar-refractivity contribution in [2.45, 2.75) is 6.54 Å². The van der Waals surface area contributed by atoms with Crippen molar-refractivity contribution < 1.29 is 14.6 Å². The van der Waals surface area contributed by atoms with E-state index in [0.717, 1.165) is 15.8 Å². The molecular weight excluding hydrogens is 300 g/mol. The molecular formula is C12H11BrN2O3. The second-order valence-electron chi connectivity index (χ2n) is 3.70. The first kappa shape index (κ1) is 12.6. The van der Waals surface area contributed by atoms with Gasteiger partial charge >= 0.3 is 5.97 Å². The highest BCUT2D eigenvalue weighted by Crippen LogP contribution is 2.25. The second kappa shape index (κ2) is 5.22. The van der Waals surface area contributed by atoms with Crippen LogP contribution in [-0.4, -0.2) is 28.0 Å². The largest absolute Gasteiger partial charge is 0.496 e. The van der Waals surface area contributed by atoms with Crippen LogP contribution in [0.5, 0.6) is 5.75 Å². The van der Waals surface area contributed by atoms with Gasteiger partial charge in [0.15, 0.2) is 0 Å². The fraction of sp³-hybridized carbons (Fsp3) is 0.167. The third-order valence-corrected chi connectivity index (χ3v) is 3.06. The number of hydrogen-bond donors (Lipinski definition) is 1. The number of halogens is 1. The maximum absolute atomic E-state index is 10.7. The van der Waals surface area contributed by atoms with Gasteiger partial charge in [-0.05, 0) is 33.6 Å². The van der Waals surface area contributed by atoms with E-state index in [-0.39, 0.29) is 5.56 Å². The Bertz CT molecular complexity index is 580. The molecule has 94 valence electrons. The van der Waals surface area contributed by atoms with Crippen molar-refractivity contribution in [3.05, 3.63) is 46.2 Å². The summed E-state index contributed by atoms with van der Waals surface area (Å²) in [6, 6.07) is 5.67. The molecule has 1 aromatic heterocycles. The highest BCUT2D eigenvalue weighted by Gasteiger charge is 2.07. The van der Waals surface area contributed by atoms with Gasteiger partial charge in [0.05, 0.1) is 29.9 Å². The molecule has 0 aliphatic rings. The molecule has 0 aliphatic carbocycles. The van der Waals surface area contributed by atoms with Crippen LogP contribution >= 0.6 is 15.9 Å². The van der Waals surface area contributed by atoms with Crippen LogP contribution in [0, 0.1) is 0 Å². The van der Waals surface area contributed by atoms with Gasteiger partial charge in [-0.2, -0.15) is 5.10 Å². The van der Waals surface area contributed by atoms with E-state index >= 15 is 0 Å². The van der Waals surface area contributed by atoms with Crippen molar-refractivity contribution in [1.82, 2.24) is 9.78 Å². The third kappa shape index (κ3) is 2.70. The van der Waals surface area contributed by atoms with E-state index in [0.29, 0.717) is 6.54 Å². The predicted octanol–water partition coefficient (Wildman–Crippen LogP) is 2.40. The number of benzene rings is 1. The number of aromatic nitrogens is 2. The molecule has 0 spiro atoms. The molecule has 0 atom stereocenters. The Hall–Kier alpha value is -1.82. The SMILES string of the molecule is COc1ccc(Cn2cc(C(=O)O)cn2)cc1Br. The Balaban J connectivity index is 2.18. The van der Waals surface area contributed by atoms with Crippen LogP contribution < -0.4 is 4.74 Å². The first-order valence-electron chi connectivity index (χ1n) is 5.18. The average Bonchev–Trinajstić information content (AvgIpc) is 2.78. The van der Waals surface area contributed by atoms with Crippen LogP contribution in [0.1, 0.15) is 15.9 Å². The van der Waals surface area contributed by atoms with Gasteiger partial charge in [-0.25, -0.2) is 4.79 Å². The molecule has 0 bridgehead atoms. The number of carboxylic acids is 1. The molecule has 2 aromatic rings. The number of carboxylic acid groups (broad SMARTS) is 1. The molecule has 1 N–H and O–H groups in total. The Morgan fingerprint density at radius 3 is 2.89 bits per heavy atom. The van der Waals surface area contributed by atoms with E-state index in [1.165, 1.54) is 12.4 Å². The van der Waals surface area contributed by atoms with Gasteiger partial charge in [-0.1, -0.05) is 6.07 Å². The number of rotatable bonds is 4. The van der Waals surface area contributed by atoms with Crippen molar-refractivity contribution in [3.8, 4) is 5.75 Å². The quantitative estimate of drug-likeness (QED) is 0.942. The summed E-state index contributed by atoms with van der Waals surface area (Å²) in [5, 5.41) is 12.8. The van der Waals surface area contributed by atoms with Gasteiger partial charge in [-0.3, -0.25) is 4.68 Å². The molecule has 0 aliphatic heterocycles. The fourth-order valence-electron chi connectivity index (χ4n) is 1.56. The van der Waals surface area contributed by atoms with Crippen LogP contribution in [0.4, 0.5) is 0 Å². The normalized spacial score (nSPS) is 10.3. The maximum atomic E-state index is 10.7. The second-order valence-corrected chi connectivity index (χ2v) is 4.55. The minimum absolute atomic E-state index is 0.183. The van der Waals surface area contributed by atoms with E-state index in [9.17, 15) is 4.79 Å². The number of nitrogens with zero attached hydrogens (tertiary/aromatic N) is 2. The van der Waals surface area contributed by atoms with Crippen LogP contribution in [0.3, 0.4) is 0 Å². The Morgan fingerprint density at radius 1 is 1.56 bits per heavy atom. The van der Waals surface area contributed by atoms with E-state index < -0.39 is 5.97 Å². The molecule has 0 fully saturated rings. The lowest BCUT2D eigenvalue weighted by Crippen LogP contribution is -2.00. The van der Waals surface area contributed by atoms with Crippen molar-refractivity contribution in [2.24, 2.45) is 0 Å². The van der Waals surface area contributed by atoms with Crippen LogP contribution in [0.2, 0.25) is 0 Å². The van der Waals surface area contributed by atoms with Gasteiger partial charge in [0.2, 0.25) is 0 Å². The smallest absolute Gasteiger partial charge is 0.338 e. The average molecular weight is 311 g/mol. The zero-order chi connectivity index (χ0) is 13.1. The van der Waals surface area contributed by atoms with Crippen LogP contribution in [0.15, 0.2) is 35.1 Å². The number of methoxy groups -OCH3 is 1. The fourth-order valence-corrected chi connectivity index (χ4v) is 2.14. The van der Waals surface area contributed by atoms with E-state index in [2.05, 4.69) is 21.0 Å². The lowest BCUT2D eigenvalue weighted by molar-refractivity contribution is 0.0697. The zero-order valence-electron chi connectivity index (χ0n) is 9.63. The first-order chi connectivity index (χ1) is 8.60. The topological polar surface area (TPSA) is 64.3 Å². The number of hydrogen-bond acceptors (Lipinski definition) is 3. The molecule has 0 radical (unpaired) electrons. The van der Waals surface area contributed by atoms with Gasteiger partial charge in [0.25, 0.3) is 0 Å². The number of aromatic carboxylic acids is 1. The minimum Gasteiger partial charge on any atom is -0.496 e. The molecule has 5 nitrogen and oxygen atoms in total. The minimum atomic E-state index is -0.975. The summed E-state index contributed by atoms with van der Waals surface area (Å²) in [6.45, 7) is 0.510. The Kier molecular flexibility index (Phi) is 3.66. The molecule has 2 rings (SSSR count). The summed E-state index contributed by atoms with van der Waals surface area (Å²) >= 11 is 3.40. The molecule has 1 heterocycles. The van der Waals surface area contributed by atoms with E-state index in [1.54, 1.807) is 11.8 Å². The lowest BCUT2D eigenvalue weighted by atomic mass is 10.2. The highest BCUT2D eigenvalue weighted by molar-refractivity contribution is 9.10. The molecule has 6 heteroatoms. The predicted molar refractivity (Wildman–Crippen MR) is 69.0 cm³/mol. The molecule has 0 unspecified atom stereocenters. The highest BCUT2D eigenvalue weighted by atomic mass is 79.9. The molecule has 0 amide bonds. The summed E-state index contributed by atoms with van der Waals surface area (Å²) in [5.74, 6) is -0.220. The third-order valence-electron chi connectivity index (χ3n) is 2.44. The lowest BCUT2D eigenvalue weighted by Gasteiger charge is -2.06. The van der Waals surface area contributed by atoms with E-state index in [4.69, 9.17) is 9.84 Å². The Morgan fingerprint density at radius 2 is 2.33 bits per heavy atom. The van der Waals surface area contributed by atoms with Crippen molar-refractivity contribution in [3.63, 3.8) is 0 Å². The van der Waals surface area contributed by atoms with Gasteiger partial charge < -0.3 is 9.84 Å². The monoisotopic (exact) mass is 310 g/mol. The first-order valence-corrected chi connectivity index (χ1v) is 5.97. The summed E-state index contributed by atoms with van der Waals surface area (Å²) < 4.78 is 7.57. The number of carbonyl (C=O) groups is 1. The van der Waals surface area contributed by atoms with Crippen LogP contribution in [0.25, 0.3) is 0 Å². The van der Waals surface area contributed by atoms with E-state index in [1.807, 2.05) is 18.2 Å². The van der Waals surface area contributed by atoms with Crippen molar-refractivity contribution in [1.29, 1.82) is 0 Å². The standard InChI is InChI=1S/C12H11BrN2O3/c1-18-11-3-2-8(4-10(11)13)6-15-7-9(5-14-15)12(16)17/h2-5,7H,6H2,1H3,(H,16,17). The summed E-state index contributed by atoms with van der Waals surface area (Å²) in [7, 11) is 1.60. The van der Waals surface area contributed by atoms with Gasteiger partial charge in [0.1, 0.15) is 5.75 Å². The van der Waals surface area contributed by atoms with Crippen molar-refractivity contribution in [2.75, 3.05) is 7.11 Å². The molecule has 0 saturated carbocycles. The summed E-state index contributed by atoms with van der Waals surface area (Å²) in [6.07, 6.45) is 2.83. The zero-order valence-corrected chi connectivity index (χ0v) is 11.2.